The van der Waals surface area contributed by atoms with Gasteiger partial charge >= 0.3 is 5.97 Å². The smallest absolute Gasteiger partial charge is 0.306 e. The Morgan fingerprint density at radius 1 is 1.55 bits per heavy atom. The Labute approximate surface area is 73.4 Å². The summed E-state index contributed by atoms with van der Waals surface area (Å²) >= 11 is 4.06. The molecule has 0 amide bonds. The first-order chi connectivity index (χ1) is 5.22. The van der Waals surface area contributed by atoms with Crippen LogP contribution in [0.15, 0.2) is 0 Å². The predicted octanol–water partition coefficient (Wildman–Crippen LogP) is 2.20. The van der Waals surface area contributed by atoms with Crippen molar-refractivity contribution in [2.24, 2.45) is 5.92 Å². The molecule has 1 unspecified atom stereocenters. The first kappa shape index (κ1) is 10.8. The summed E-state index contributed by atoms with van der Waals surface area (Å²) in [5, 5.41) is 8.65. The summed E-state index contributed by atoms with van der Waals surface area (Å²) in [7, 11) is 0. The van der Waals surface area contributed by atoms with E-state index in [4.69, 9.17) is 5.11 Å². The van der Waals surface area contributed by atoms with Crippen LogP contribution in [0.3, 0.4) is 0 Å². The van der Waals surface area contributed by atoms with E-state index in [-0.39, 0.29) is 5.92 Å². The molecule has 2 nitrogen and oxygen atoms in total. The molecule has 0 aromatic carbocycles. The molecule has 0 aliphatic heterocycles. The summed E-state index contributed by atoms with van der Waals surface area (Å²) in [6, 6.07) is 0. The molecule has 66 valence electrons. The van der Waals surface area contributed by atoms with E-state index in [2.05, 4.69) is 12.6 Å². The Balaban J connectivity index is 3.44. The molecule has 1 N–H and O–H groups in total. The number of hydrogen-bond donors (Lipinski definition) is 2. The highest BCUT2D eigenvalue weighted by molar-refractivity contribution is 7.80. The molecule has 0 heterocycles. The predicted molar refractivity (Wildman–Crippen MR) is 49.1 cm³/mol. The maximum Gasteiger partial charge on any atom is 0.306 e. The number of unbranched alkanes of at least 4 members (excludes halogenated alkanes) is 1. The molecule has 0 saturated carbocycles. The fourth-order valence-corrected chi connectivity index (χ4v) is 1.23. The van der Waals surface area contributed by atoms with Crippen LogP contribution in [-0.4, -0.2) is 16.8 Å². The maximum atomic E-state index is 10.5. The zero-order valence-corrected chi connectivity index (χ0v) is 7.81. The van der Waals surface area contributed by atoms with E-state index in [1.165, 1.54) is 0 Å². The summed E-state index contributed by atoms with van der Waals surface area (Å²) in [5.74, 6) is 0.0531. The normalized spacial score (nSPS) is 12.9. The molecule has 0 spiro atoms. The fraction of sp³-hybridized carbons (Fsp3) is 0.875. The minimum atomic E-state index is -0.660. The van der Waals surface area contributed by atoms with Crippen molar-refractivity contribution >= 4 is 18.6 Å². The van der Waals surface area contributed by atoms with Gasteiger partial charge in [0.25, 0.3) is 0 Å². The molecule has 0 rings (SSSR count). The fourth-order valence-electron chi connectivity index (χ4n) is 1.00. The Kier molecular flexibility index (Phi) is 6.42. The third-order valence-corrected chi connectivity index (χ3v) is 2.12. The zero-order valence-electron chi connectivity index (χ0n) is 6.92. The van der Waals surface area contributed by atoms with Crippen molar-refractivity contribution in [3.63, 3.8) is 0 Å². The lowest BCUT2D eigenvalue weighted by atomic mass is 10.00. The van der Waals surface area contributed by atoms with Gasteiger partial charge in [-0.15, -0.1) is 0 Å². The standard InChI is InChI=1S/C8H16O2S/c1-2-7(8(9)10)5-3-4-6-11/h7,11H,2-6H2,1H3,(H,9,10). The van der Waals surface area contributed by atoms with Gasteiger partial charge in [0.1, 0.15) is 0 Å². The van der Waals surface area contributed by atoms with Gasteiger partial charge in [0.05, 0.1) is 5.92 Å². The molecule has 0 saturated heterocycles. The summed E-state index contributed by atoms with van der Waals surface area (Å²) < 4.78 is 0. The van der Waals surface area contributed by atoms with E-state index >= 15 is 0 Å². The van der Waals surface area contributed by atoms with E-state index in [0.29, 0.717) is 0 Å². The highest BCUT2D eigenvalue weighted by atomic mass is 32.1. The lowest BCUT2D eigenvalue weighted by Gasteiger charge is -2.07. The molecule has 0 aromatic heterocycles. The van der Waals surface area contributed by atoms with Gasteiger partial charge in [-0.25, -0.2) is 0 Å². The van der Waals surface area contributed by atoms with Gasteiger partial charge in [-0.1, -0.05) is 13.3 Å². The first-order valence-electron chi connectivity index (χ1n) is 4.06. The number of carboxylic acids is 1. The Morgan fingerprint density at radius 2 is 2.18 bits per heavy atom. The first-order valence-corrected chi connectivity index (χ1v) is 4.69. The topological polar surface area (TPSA) is 37.3 Å². The van der Waals surface area contributed by atoms with Crippen LogP contribution in [0.4, 0.5) is 0 Å². The Bertz CT molecular complexity index is 115. The molecule has 0 aromatic rings. The largest absolute Gasteiger partial charge is 0.481 e. The van der Waals surface area contributed by atoms with E-state index < -0.39 is 5.97 Å². The van der Waals surface area contributed by atoms with Crippen molar-refractivity contribution < 1.29 is 9.90 Å². The van der Waals surface area contributed by atoms with Crippen molar-refractivity contribution in [3.05, 3.63) is 0 Å². The van der Waals surface area contributed by atoms with Gasteiger partial charge in [0.15, 0.2) is 0 Å². The second kappa shape index (κ2) is 6.53. The molecule has 0 aliphatic carbocycles. The van der Waals surface area contributed by atoms with Gasteiger partial charge in [-0.3, -0.25) is 4.79 Å². The molecule has 3 heteroatoms. The number of aliphatic carboxylic acids is 1. The minimum absolute atomic E-state index is 0.144. The third-order valence-electron chi connectivity index (χ3n) is 1.80. The van der Waals surface area contributed by atoms with Gasteiger partial charge in [-0.2, -0.15) is 12.6 Å². The quantitative estimate of drug-likeness (QED) is 0.481. The molecular weight excluding hydrogens is 160 g/mol. The highest BCUT2D eigenvalue weighted by Crippen LogP contribution is 2.12. The van der Waals surface area contributed by atoms with Gasteiger partial charge in [0.2, 0.25) is 0 Å². The molecule has 0 bridgehead atoms. The molecule has 11 heavy (non-hydrogen) atoms. The van der Waals surface area contributed by atoms with Crippen molar-refractivity contribution in [2.75, 3.05) is 5.75 Å². The number of carbonyl (C=O) groups is 1. The van der Waals surface area contributed by atoms with Crippen molar-refractivity contribution in [1.29, 1.82) is 0 Å². The van der Waals surface area contributed by atoms with E-state index in [0.717, 1.165) is 31.4 Å². The van der Waals surface area contributed by atoms with E-state index in [9.17, 15) is 4.79 Å². The second-order valence-electron chi connectivity index (χ2n) is 2.66. The van der Waals surface area contributed by atoms with Gasteiger partial charge in [-0.05, 0) is 25.0 Å². The number of hydrogen-bond acceptors (Lipinski definition) is 2. The van der Waals surface area contributed by atoms with E-state index in [1.807, 2.05) is 6.92 Å². The number of carboxylic acid groups (broad SMARTS) is 1. The average Bonchev–Trinajstić information content (AvgIpc) is 1.97. The number of thiol groups is 1. The minimum Gasteiger partial charge on any atom is -0.481 e. The van der Waals surface area contributed by atoms with Crippen molar-refractivity contribution in [2.45, 2.75) is 32.6 Å². The van der Waals surface area contributed by atoms with Crippen LogP contribution >= 0.6 is 12.6 Å². The van der Waals surface area contributed by atoms with E-state index in [1.54, 1.807) is 0 Å². The Morgan fingerprint density at radius 3 is 2.55 bits per heavy atom. The monoisotopic (exact) mass is 176 g/mol. The average molecular weight is 176 g/mol. The van der Waals surface area contributed by atoms with Crippen LogP contribution in [0.1, 0.15) is 32.6 Å². The van der Waals surface area contributed by atoms with Crippen molar-refractivity contribution in [3.8, 4) is 0 Å². The zero-order chi connectivity index (χ0) is 8.69. The summed E-state index contributed by atoms with van der Waals surface area (Å²) in [5.41, 5.74) is 0. The van der Waals surface area contributed by atoms with Gasteiger partial charge in [0, 0.05) is 0 Å². The lowest BCUT2D eigenvalue weighted by molar-refractivity contribution is -0.142. The maximum absolute atomic E-state index is 10.5. The summed E-state index contributed by atoms with van der Waals surface area (Å²) in [6.45, 7) is 1.92. The van der Waals surface area contributed by atoms with Crippen LogP contribution in [0.25, 0.3) is 0 Å². The SMILES string of the molecule is CCC(CCCCS)C(=O)O. The molecule has 0 fully saturated rings. The summed E-state index contributed by atoms with van der Waals surface area (Å²) in [6.07, 6.45) is 3.54. The lowest BCUT2D eigenvalue weighted by Crippen LogP contribution is -2.12. The highest BCUT2D eigenvalue weighted by Gasteiger charge is 2.13. The third kappa shape index (κ3) is 5.13. The van der Waals surface area contributed by atoms with Crippen LogP contribution < -0.4 is 0 Å². The molecular formula is C8H16O2S. The molecule has 0 radical (unpaired) electrons. The van der Waals surface area contributed by atoms with Crippen LogP contribution in [0, 0.1) is 5.92 Å². The van der Waals surface area contributed by atoms with Crippen molar-refractivity contribution in [1.82, 2.24) is 0 Å². The molecule has 0 aliphatic rings. The second-order valence-corrected chi connectivity index (χ2v) is 3.11. The molecule has 1 atom stereocenters. The van der Waals surface area contributed by atoms with Gasteiger partial charge < -0.3 is 5.11 Å². The van der Waals surface area contributed by atoms with Crippen LogP contribution in [0.5, 0.6) is 0 Å². The Hall–Kier alpha value is -0.180. The number of rotatable bonds is 6. The van der Waals surface area contributed by atoms with Crippen LogP contribution in [0.2, 0.25) is 0 Å². The summed E-state index contributed by atoms with van der Waals surface area (Å²) in [4.78, 5) is 10.5. The van der Waals surface area contributed by atoms with Crippen LogP contribution in [-0.2, 0) is 4.79 Å².